The Morgan fingerprint density at radius 1 is 1.45 bits per heavy atom. The molecule has 0 saturated heterocycles. The Labute approximate surface area is 119 Å². The fourth-order valence-corrected chi connectivity index (χ4v) is 1.79. The molecule has 5 heteroatoms. The SMILES string of the molecule is COc1cccc(C(=O)NCCCC(C)(C)CO)c1F. The lowest BCUT2D eigenvalue weighted by Crippen LogP contribution is -2.27. The molecule has 0 radical (unpaired) electrons. The fraction of sp³-hybridized carbons (Fsp3) is 0.533. The van der Waals surface area contributed by atoms with Crippen molar-refractivity contribution in [3.63, 3.8) is 0 Å². The highest BCUT2D eigenvalue weighted by atomic mass is 19.1. The Hall–Kier alpha value is -1.62. The van der Waals surface area contributed by atoms with Gasteiger partial charge in [-0.25, -0.2) is 4.39 Å². The minimum absolute atomic E-state index is 0.0224. The summed E-state index contributed by atoms with van der Waals surface area (Å²) in [5.74, 6) is -1.05. The molecular formula is C15H22FNO3. The largest absolute Gasteiger partial charge is 0.494 e. The Balaban J connectivity index is 2.52. The van der Waals surface area contributed by atoms with Crippen molar-refractivity contribution < 1.29 is 19.0 Å². The molecule has 0 unspecified atom stereocenters. The minimum atomic E-state index is -0.650. The van der Waals surface area contributed by atoms with Crippen LogP contribution < -0.4 is 10.1 Å². The van der Waals surface area contributed by atoms with E-state index in [0.29, 0.717) is 6.54 Å². The van der Waals surface area contributed by atoms with Crippen LogP contribution >= 0.6 is 0 Å². The van der Waals surface area contributed by atoms with Gasteiger partial charge in [-0.1, -0.05) is 19.9 Å². The molecule has 0 fully saturated rings. The van der Waals surface area contributed by atoms with Crippen LogP contribution in [0.2, 0.25) is 0 Å². The molecule has 0 saturated carbocycles. The molecular weight excluding hydrogens is 261 g/mol. The summed E-state index contributed by atoms with van der Waals surface area (Å²) in [5.41, 5.74) is -0.183. The van der Waals surface area contributed by atoms with E-state index < -0.39 is 11.7 Å². The van der Waals surface area contributed by atoms with Crippen LogP contribution in [0.5, 0.6) is 5.75 Å². The van der Waals surface area contributed by atoms with Gasteiger partial charge < -0.3 is 15.2 Å². The summed E-state index contributed by atoms with van der Waals surface area (Å²) in [5, 5.41) is 11.8. The highest BCUT2D eigenvalue weighted by Gasteiger charge is 2.17. The van der Waals surface area contributed by atoms with E-state index in [1.54, 1.807) is 6.07 Å². The normalized spacial score (nSPS) is 11.2. The topological polar surface area (TPSA) is 58.6 Å². The molecule has 0 spiro atoms. The molecule has 0 aromatic heterocycles. The molecule has 0 aliphatic carbocycles. The van der Waals surface area contributed by atoms with Crippen LogP contribution in [0.3, 0.4) is 0 Å². The highest BCUT2D eigenvalue weighted by molar-refractivity contribution is 5.94. The van der Waals surface area contributed by atoms with Gasteiger partial charge in [0.1, 0.15) is 0 Å². The maximum absolute atomic E-state index is 13.9. The van der Waals surface area contributed by atoms with Crippen LogP contribution in [0.25, 0.3) is 0 Å². The zero-order valence-corrected chi connectivity index (χ0v) is 12.2. The van der Waals surface area contributed by atoms with Gasteiger partial charge in [0.2, 0.25) is 0 Å². The number of hydrogen-bond donors (Lipinski definition) is 2. The Kier molecular flexibility index (Phi) is 5.95. The van der Waals surface area contributed by atoms with Crippen LogP contribution in [-0.2, 0) is 0 Å². The van der Waals surface area contributed by atoms with Gasteiger partial charge in [-0.15, -0.1) is 0 Å². The van der Waals surface area contributed by atoms with E-state index >= 15 is 0 Å². The Morgan fingerprint density at radius 2 is 2.15 bits per heavy atom. The molecule has 20 heavy (non-hydrogen) atoms. The number of halogens is 1. The quantitative estimate of drug-likeness (QED) is 0.755. The molecule has 112 valence electrons. The van der Waals surface area contributed by atoms with Crippen molar-refractivity contribution in [2.75, 3.05) is 20.3 Å². The van der Waals surface area contributed by atoms with Gasteiger partial charge in [-0.2, -0.15) is 0 Å². The third-order valence-corrected chi connectivity index (χ3v) is 3.17. The van der Waals surface area contributed by atoms with Crippen molar-refractivity contribution in [3.8, 4) is 5.75 Å². The van der Waals surface area contributed by atoms with E-state index in [1.165, 1.54) is 19.2 Å². The maximum atomic E-state index is 13.9. The van der Waals surface area contributed by atoms with E-state index in [-0.39, 0.29) is 23.3 Å². The Bertz CT molecular complexity index is 460. The first kappa shape index (κ1) is 16.4. The number of rotatable bonds is 7. The Morgan fingerprint density at radius 3 is 2.75 bits per heavy atom. The highest BCUT2D eigenvalue weighted by Crippen LogP contribution is 2.21. The molecule has 0 aliphatic rings. The smallest absolute Gasteiger partial charge is 0.254 e. The molecule has 1 amide bonds. The van der Waals surface area contributed by atoms with Crippen molar-refractivity contribution in [2.45, 2.75) is 26.7 Å². The zero-order chi connectivity index (χ0) is 15.2. The lowest BCUT2D eigenvalue weighted by atomic mass is 9.89. The summed E-state index contributed by atoms with van der Waals surface area (Å²) in [4.78, 5) is 11.9. The summed E-state index contributed by atoms with van der Waals surface area (Å²) >= 11 is 0. The lowest BCUT2D eigenvalue weighted by molar-refractivity contribution is 0.0943. The molecule has 0 aliphatic heterocycles. The van der Waals surface area contributed by atoms with Crippen molar-refractivity contribution in [2.24, 2.45) is 5.41 Å². The second-order valence-electron chi connectivity index (χ2n) is 5.50. The van der Waals surface area contributed by atoms with Crippen molar-refractivity contribution in [1.29, 1.82) is 0 Å². The molecule has 2 N–H and O–H groups in total. The van der Waals surface area contributed by atoms with Gasteiger partial charge in [-0.3, -0.25) is 4.79 Å². The van der Waals surface area contributed by atoms with E-state index in [2.05, 4.69) is 5.32 Å². The fourth-order valence-electron chi connectivity index (χ4n) is 1.79. The molecule has 0 heterocycles. The molecule has 1 rings (SSSR count). The van der Waals surface area contributed by atoms with Crippen LogP contribution in [-0.4, -0.2) is 31.3 Å². The van der Waals surface area contributed by atoms with Crippen LogP contribution in [0.15, 0.2) is 18.2 Å². The molecule has 0 bridgehead atoms. The standard InChI is InChI=1S/C15H22FNO3/c1-15(2,10-18)8-5-9-17-14(19)11-6-4-7-12(20-3)13(11)16/h4,6-7,18H,5,8-10H2,1-3H3,(H,17,19). The van der Waals surface area contributed by atoms with Crippen LogP contribution in [0, 0.1) is 11.2 Å². The summed E-state index contributed by atoms with van der Waals surface area (Å²) in [6.45, 7) is 4.46. The van der Waals surface area contributed by atoms with Crippen LogP contribution in [0.4, 0.5) is 4.39 Å². The number of carbonyl (C=O) groups excluding carboxylic acids is 1. The number of nitrogens with one attached hydrogen (secondary N) is 1. The first-order valence-corrected chi connectivity index (χ1v) is 6.63. The zero-order valence-electron chi connectivity index (χ0n) is 12.2. The second kappa shape index (κ2) is 7.24. The molecule has 1 aromatic carbocycles. The summed E-state index contributed by atoms with van der Waals surface area (Å²) in [6.07, 6.45) is 1.51. The van der Waals surface area contributed by atoms with E-state index in [1.807, 2.05) is 13.8 Å². The van der Waals surface area contributed by atoms with Gasteiger partial charge in [0.05, 0.1) is 12.7 Å². The van der Waals surface area contributed by atoms with E-state index in [0.717, 1.165) is 12.8 Å². The van der Waals surface area contributed by atoms with Gasteiger partial charge >= 0.3 is 0 Å². The summed E-state index contributed by atoms with van der Waals surface area (Å²) < 4.78 is 18.7. The third-order valence-electron chi connectivity index (χ3n) is 3.17. The molecule has 0 atom stereocenters. The molecule has 1 aromatic rings. The second-order valence-corrected chi connectivity index (χ2v) is 5.50. The minimum Gasteiger partial charge on any atom is -0.494 e. The van der Waals surface area contributed by atoms with Gasteiger partial charge in [0.15, 0.2) is 11.6 Å². The number of amides is 1. The number of benzene rings is 1. The summed E-state index contributed by atoms with van der Waals surface area (Å²) in [7, 11) is 1.36. The number of hydrogen-bond acceptors (Lipinski definition) is 3. The van der Waals surface area contributed by atoms with E-state index in [4.69, 9.17) is 9.84 Å². The average Bonchev–Trinajstić information content (AvgIpc) is 2.43. The predicted octanol–water partition coefficient (Wildman–Crippen LogP) is 2.36. The number of aliphatic hydroxyl groups excluding tert-OH is 1. The predicted molar refractivity (Wildman–Crippen MR) is 75.4 cm³/mol. The number of ether oxygens (including phenoxy) is 1. The van der Waals surface area contributed by atoms with Gasteiger partial charge in [0, 0.05) is 13.2 Å². The van der Waals surface area contributed by atoms with E-state index in [9.17, 15) is 9.18 Å². The lowest BCUT2D eigenvalue weighted by Gasteiger charge is -2.21. The van der Waals surface area contributed by atoms with Crippen molar-refractivity contribution in [3.05, 3.63) is 29.6 Å². The average molecular weight is 283 g/mol. The maximum Gasteiger partial charge on any atom is 0.254 e. The number of aliphatic hydroxyl groups is 1. The van der Waals surface area contributed by atoms with Crippen molar-refractivity contribution >= 4 is 5.91 Å². The first-order chi connectivity index (χ1) is 9.41. The first-order valence-electron chi connectivity index (χ1n) is 6.63. The molecule has 4 nitrogen and oxygen atoms in total. The van der Waals surface area contributed by atoms with Crippen molar-refractivity contribution in [1.82, 2.24) is 5.32 Å². The monoisotopic (exact) mass is 283 g/mol. The summed E-state index contributed by atoms with van der Waals surface area (Å²) in [6, 6.07) is 4.46. The van der Waals surface area contributed by atoms with Crippen LogP contribution in [0.1, 0.15) is 37.0 Å². The number of carbonyl (C=O) groups is 1. The number of methoxy groups -OCH3 is 1. The van der Waals surface area contributed by atoms with Gasteiger partial charge in [-0.05, 0) is 30.4 Å². The third kappa shape index (κ3) is 4.49. The van der Waals surface area contributed by atoms with Gasteiger partial charge in [0.25, 0.3) is 5.91 Å².